The Hall–Kier alpha value is -4.11. The molecule has 0 aliphatic rings. The number of benzene rings is 4. The number of rotatable bonds is 17. The van der Waals surface area contributed by atoms with Gasteiger partial charge in [0.15, 0.2) is 0 Å². The van der Waals surface area contributed by atoms with Crippen LogP contribution < -0.4 is 15.4 Å². The maximum atomic E-state index is 12.5. The van der Waals surface area contributed by atoms with E-state index in [1.165, 1.54) is 0 Å². The van der Waals surface area contributed by atoms with Crippen molar-refractivity contribution in [3.8, 4) is 5.75 Å². The van der Waals surface area contributed by atoms with Gasteiger partial charge in [0, 0.05) is 17.3 Å². The van der Waals surface area contributed by atoms with Crippen molar-refractivity contribution in [3.05, 3.63) is 131 Å². The molecule has 2 N–H and O–H groups in total. The number of esters is 1. The minimum Gasteiger partial charge on any atom is -0.487 e. The van der Waals surface area contributed by atoms with E-state index in [1.54, 1.807) is 0 Å². The predicted octanol–water partition coefficient (Wildman–Crippen LogP) is 8.18. The molecular formula is C40H50N2O5S. The molecule has 2 atom stereocenters. The van der Waals surface area contributed by atoms with E-state index in [9.17, 15) is 9.59 Å². The smallest absolute Gasteiger partial charge is 0.310 e. The van der Waals surface area contributed by atoms with Crippen LogP contribution in [-0.4, -0.2) is 42.2 Å². The Morgan fingerprint density at radius 2 is 1.44 bits per heavy atom. The topological polar surface area (TPSA) is 85.9 Å². The Morgan fingerprint density at radius 3 is 2.08 bits per heavy atom. The fourth-order valence-electron chi connectivity index (χ4n) is 4.98. The zero-order chi connectivity index (χ0) is 34.6. The van der Waals surface area contributed by atoms with Crippen LogP contribution in [0.25, 0.3) is 0 Å². The van der Waals surface area contributed by atoms with Crippen molar-refractivity contribution in [1.82, 2.24) is 5.32 Å². The summed E-state index contributed by atoms with van der Waals surface area (Å²) in [7, 11) is -1.48. The monoisotopic (exact) mass is 670 g/mol. The van der Waals surface area contributed by atoms with Crippen LogP contribution in [0.1, 0.15) is 61.6 Å². The molecule has 4 rings (SSSR count). The van der Waals surface area contributed by atoms with E-state index in [1.807, 2.05) is 91.0 Å². The van der Waals surface area contributed by atoms with E-state index in [-0.39, 0.29) is 35.9 Å². The number of amides is 1. The van der Waals surface area contributed by atoms with Gasteiger partial charge in [-0.2, -0.15) is 0 Å². The average Bonchev–Trinajstić information content (AvgIpc) is 3.06. The molecule has 256 valence electrons. The molecule has 48 heavy (non-hydrogen) atoms. The molecular weight excluding hydrogens is 621 g/mol. The van der Waals surface area contributed by atoms with Crippen molar-refractivity contribution in [2.24, 2.45) is 0 Å². The summed E-state index contributed by atoms with van der Waals surface area (Å²) in [6.07, 6.45) is 5.80. The molecule has 0 saturated carbocycles. The molecule has 0 saturated heterocycles. The average molecular weight is 671 g/mol. The summed E-state index contributed by atoms with van der Waals surface area (Å²) in [6.45, 7) is 10.0. The highest BCUT2D eigenvalue weighted by Gasteiger charge is 2.32. The van der Waals surface area contributed by atoms with E-state index in [4.69, 9.17) is 13.7 Å². The fourth-order valence-corrected chi connectivity index (χ4v) is 6.03. The second kappa shape index (κ2) is 17.3. The summed E-state index contributed by atoms with van der Waals surface area (Å²) in [6, 6.07) is 33.8. The lowest BCUT2D eigenvalue weighted by Gasteiger charge is -2.46. The van der Waals surface area contributed by atoms with Gasteiger partial charge in [0.05, 0.1) is 12.1 Å². The number of hydrogen-bond donors (Lipinski definition) is 2. The molecule has 0 radical (unpaired) electrons. The molecule has 0 heterocycles. The van der Waals surface area contributed by atoms with Crippen LogP contribution in [-0.2, 0) is 44.6 Å². The Bertz CT molecular complexity index is 1610. The molecule has 0 bridgehead atoms. The lowest BCUT2D eigenvalue weighted by molar-refractivity contribution is -0.144. The number of nitrogens with one attached hydrogen (secondary N) is 2. The summed E-state index contributed by atoms with van der Waals surface area (Å²) in [5, 5.41) is 6.52. The molecule has 1 amide bonds. The van der Waals surface area contributed by atoms with Gasteiger partial charge >= 0.3 is 5.97 Å². The van der Waals surface area contributed by atoms with Crippen molar-refractivity contribution >= 4 is 28.4 Å². The highest BCUT2D eigenvalue weighted by molar-refractivity contribution is 8.29. The van der Waals surface area contributed by atoms with Crippen LogP contribution >= 0.6 is 10.3 Å². The van der Waals surface area contributed by atoms with Gasteiger partial charge in [-0.15, -0.1) is 10.3 Å². The van der Waals surface area contributed by atoms with E-state index < -0.39 is 10.3 Å². The quantitative estimate of drug-likeness (QED) is 0.0871. The first-order valence-corrected chi connectivity index (χ1v) is 18.7. The summed E-state index contributed by atoms with van der Waals surface area (Å²) in [5.41, 5.74) is 5.63. The Kier molecular flexibility index (Phi) is 13.3. The van der Waals surface area contributed by atoms with Gasteiger partial charge in [-0.05, 0) is 65.8 Å². The Balaban J connectivity index is 1.43. The maximum Gasteiger partial charge on any atom is 0.310 e. The Morgan fingerprint density at radius 1 is 0.812 bits per heavy atom. The molecule has 0 aliphatic heterocycles. The predicted molar refractivity (Wildman–Crippen MR) is 197 cm³/mol. The zero-order valence-electron chi connectivity index (χ0n) is 29.0. The molecule has 4 aromatic carbocycles. The van der Waals surface area contributed by atoms with E-state index in [0.29, 0.717) is 31.0 Å². The van der Waals surface area contributed by atoms with E-state index in [0.717, 1.165) is 34.2 Å². The van der Waals surface area contributed by atoms with Crippen molar-refractivity contribution < 1.29 is 23.2 Å². The molecule has 4 aromatic rings. The number of carbonyl (C=O) groups excluding carboxylic acids is 2. The standard InChI is InChI=1S/C40H50N2O5S/c1-30(22-33-18-13-19-34(23-33)24-39(44)46-28-32-16-11-8-12-17-32)41-26-38(47-48(5,6)40(2,3)4)35-20-21-37(36(25-35)42-29-43)45-27-31-14-9-7-10-15-31/h7-21,23,25,29-30,38,41H,22,24,26-28H2,1-6H3,(H,42,43). The van der Waals surface area contributed by atoms with Gasteiger partial charge in [-0.1, -0.05) is 112 Å². The number of anilines is 1. The van der Waals surface area contributed by atoms with Gasteiger partial charge < -0.3 is 24.3 Å². The number of carbonyl (C=O) groups is 2. The van der Waals surface area contributed by atoms with E-state index in [2.05, 4.69) is 63.0 Å². The second-order valence-electron chi connectivity index (χ2n) is 13.4. The van der Waals surface area contributed by atoms with E-state index >= 15 is 0 Å². The molecule has 0 spiro atoms. The summed E-state index contributed by atoms with van der Waals surface area (Å²) in [5.74, 6) is 0.354. The van der Waals surface area contributed by atoms with Crippen LogP contribution in [0.3, 0.4) is 0 Å². The SMILES string of the molecule is CC(Cc1cccc(CC(=O)OCc2ccccc2)c1)NCC(OS(C)(C)C(C)(C)C)c1ccc(OCc2ccccc2)c(NC=O)c1. The van der Waals surface area contributed by atoms with Gasteiger partial charge in [-0.25, -0.2) is 0 Å². The van der Waals surface area contributed by atoms with Crippen molar-refractivity contribution in [1.29, 1.82) is 0 Å². The molecule has 0 aliphatic carbocycles. The van der Waals surface area contributed by atoms with Crippen molar-refractivity contribution in [3.63, 3.8) is 0 Å². The fraction of sp³-hybridized carbons (Fsp3) is 0.350. The first-order chi connectivity index (χ1) is 22.9. The molecule has 0 fully saturated rings. The summed E-state index contributed by atoms with van der Waals surface area (Å²) in [4.78, 5) is 24.1. The molecule has 7 nitrogen and oxygen atoms in total. The third kappa shape index (κ3) is 11.3. The first kappa shape index (κ1) is 36.7. The zero-order valence-corrected chi connectivity index (χ0v) is 29.8. The van der Waals surface area contributed by atoms with Gasteiger partial charge in [0.25, 0.3) is 0 Å². The third-order valence-electron chi connectivity index (χ3n) is 8.43. The normalized spacial score (nSPS) is 13.3. The van der Waals surface area contributed by atoms with Crippen LogP contribution in [0.2, 0.25) is 0 Å². The molecule has 0 aromatic heterocycles. The van der Waals surface area contributed by atoms with Crippen LogP contribution in [0.5, 0.6) is 5.75 Å². The first-order valence-electron chi connectivity index (χ1n) is 16.4. The number of ether oxygens (including phenoxy) is 2. The van der Waals surface area contributed by atoms with Crippen molar-refractivity contribution in [2.75, 3.05) is 24.4 Å². The van der Waals surface area contributed by atoms with Crippen molar-refractivity contribution in [2.45, 2.75) is 70.6 Å². The summed E-state index contributed by atoms with van der Waals surface area (Å²) >= 11 is 0. The van der Waals surface area contributed by atoms with Gasteiger partial charge in [-0.3, -0.25) is 9.59 Å². The lowest BCUT2D eigenvalue weighted by atomic mass is 10.0. The van der Waals surface area contributed by atoms with Crippen LogP contribution in [0.15, 0.2) is 103 Å². The van der Waals surface area contributed by atoms with Crippen LogP contribution in [0, 0.1) is 0 Å². The van der Waals surface area contributed by atoms with Gasteiger partial charge in [0.1, 0.15) is 25.1 Å². The maximum absolute atomic E-state index is 12.5. The largest absolute Gasteiger partial charge is 0.487 e. The minimum atomic E-state index is -1.48. The molecule has 8 heteroatoms. The second-order valence-corrected chi connectivity index (χ2v) is 17.3. The van der Waals surface area contributed by atoms with Gasteiger partial charge in [0.2, 0.25) is 6.41 Å². The highest BCUT2D eigenvalue weighted by atomic mass is 32.3. The lowest BCUT2D eigenvalue weighted by Crippen LogP contribution is -2.35. The highest BCUT2D eigenvalue weighted by Crippen LogP contribution is 2.56. The minimum absolute atomic E-state index is 0.0395. The van der Waals surface area contributed by atoms with Crippen LogP contribution in [0.4, 0.5) is 5.69 Å². The summed E-state index contributed by atoms with van der Waals surface area (Å²) < 4.78 is 18.5. The number of hydrogen-bond acceptors (Lipinski definition) is 6. The molecule has 2 unspecified atom stereocenters. The Labute approximate surface area is 287 Å². The third-order valence-corrected chi connectivity index (χ3v) is 12.1.